The molecule has 2 rings (SSSR count). The number of anilines is 2. The third-order valence-electron chi connectivity index (χ3n) is 4.11. The number of halogens is 2. The summed E-state index contributed by atoms with van der Waals surface area (Å²) in [7, 11) is 0. The van der Waals surface area contributed by atoms with Crippen molar-refractivity contribution in [3.63, 3.8) is 0 Å². The number of hydrogen-bond acceptors (Lipinski definition) is 5. The molecule has 0 radical (unpaired) electrons. The zero-order chi connectivity index (χ0) is 23.0. The van der Waals surface area contributed by atoms with Gasteiger partial charge < -0.3 is 9.64 Å². The van der Waals surface area contributed by atoms with Gasteiger partial charge in [-0.2, -0.15) is 9.59 Å². The first-order valence-corrected chi connectivity index (χ1v) is 9.53. The molecule has 1 atom stereocenters. The average Bonchev–Trinajstić information content (AvgIpc) is 2.57. The van der Waals surface area contributed by atoms with Crippen molar-refractivity contribution in [2.24, 2.45) is 5.92 Å². The number of hydrogen-bond donors (Lipinski definition) is 0. The van der Waals surface area contributed by atoms with Crippen LogP contribution in [0, 0.1) is 31.4 Å². The largest absolute Gasteiger partial charge is 0.461 e. The van der Waals surface area contributed by atoms with E-state index in [9.17, 15) is 13.6 Å². The van der Waals surface area contributed by atoms with Crippen molar-refractivity contribution in [1.29, 1.82) is 0 Å². The second-order valence-electron chi connectivity index (χ2n) is 7.60. The minimum Gasteiger partial charge on any atom is -0.461 e. The van der Waals surface area contributed by atoms with E-state index in [1.54, 1.807) is 44.7 Å². The monoisotopic (exact) mass is 419 g/mol. The van der Waals surface area contributed by atoms with Crippen LogP contribution in [0.25, 0.3) is 0 Å². The molecule has 0 aliphatic heterocycles. The Labute approximate surface area is 175 Å². The summed E-state index contributed by atoms with van der Waals surface area (Å²) in [4.78, 5) is 30.8. The molecule has 162 valence electrons. The van der Waals surface area contributed by atoms with Crippen LogP contribution in [0.5, 0.6) is 0 Å². The highest BCUT2D eigenvalue weighted by Gasteiger charge is 2.33. The summed E-state index contributed by atoms with van der Waals surface area (Å²) in [5.74, 6) is -1.40. The smallest absolute Gasteiger partial charge is 0.373 e. The Kier molecular flexibility index (Phi) is 9.34. The maximum Gasteiger partial charge on any atom is 0.373 e. The first-order chi connectivity index (χ1) is 14.0. The van der Waals surface area contributed by atoms with Crippen molar-refractivity contribution in [2.75, 3.05) is 4.90 Å². The van der Waals surface area contributed by atoms with Crippen molar-refractivity contribution in [1.82, 2.24) is 0 Å². The lowest BCUT2D eigenvalue weighted by Gasteiger charge is -2.35. The third-order valence-corrected chi connectivity index (χ3v) is 4.11. The van der Waals surface area contributed by atoms with Crippen LogP contribution in [-0.2, 0) is 19.1 Å². The minimum absolute atomic E-state index is 0.150. The molecule has 0 aromatic heterocycles. The van der Waals surface area contributed by atoms with E-state index in [4.69, 9.17) is 14.3 Å². The topological polar surface area (TPSA) is 63.7 Å². The first-order valence-electron chi connectivity index (χ1n) is 9.53. The molecule has 0 N–H and O–H groups in total. The van der Waals surface area contributed by atoms with Gasteiger partial charge in [0.25, 0.3) is 0 Å². The van der Waals surface area contributed by atoms with E-state index in [-0.39, 0.29) is 18.2 Å². The predicted octanol–water partition coefficient (Wildman–Crippen LogP) is 5.11. The molecule has 30 heavy (non-hydrogen) atoms. The number of aryl methyl sites for hydroxylation is 2. The van der Waals surface area contributed by atoms with Gasteiger partial charge >= 0.3 is 12.1 Å². The summed E-state index contributed by atoms with van der Waals surface area (Å²) in [5, 5.41) is 0. The number of carbonyl (C=O) groups is 1. The quantitative estimate of drug-likeness (QED) is 0.609. The lowest BCUT2D eigenvalue weighted by atomic mass is 9.99. The summed E-state index contributed by atoms with van der Waals surface area (Å²) < 4.78 is 33.7. The lowest BCUT2D eigenvalue weighted by Crippen LogP contribution is -2.44. The van der Waals surface area contributed by atoms with Crippen LogP contribution in [0.4, 0.5) is 20.2 Å². The molecule has 0 aliphatic rings. The van der Waals surface area contributed by atoms with E-state index in [2.05, 4.69) is 0 Å². The first kappa shape index (κ1) is 25.0. The number of esters is 1. The van der Waals surface area contributed by atoms with Gasteiger partial charge in [-0.1, -0.05) is 13.8 Å². The van der Waals surface area contributed by atoms with E-state index in [1.165, 1.54) is 24.3 Å². The van der Waals surface area contributed by atoms with E-state index in [0.29, 0.717) is 22.5 Å². The molecule has 7 heteroatoms. The molecule has 2 aromatic rings. The molecule has 0 spiro atoms. The number of ether oxygens (including phenoxy) is 1. The van der Waals surface area contributed by atoms with Crippen LogP contribution in [0.1, 0.15) is 38.8 Å². The fraction of sp³-hybridized carbons (Fsp3) is 0.391. The van der Waals surface area contributed by atoms with Crippen LogP contribution in [-0.4, -0.2) is 24.3 Å². The van der Waals surface area contributed by atoms with Crippen LogP contribution in [0.15, 0.2) is 36.4 Å². The molecule has 0 saturated heterocycles. The van der Waals surface area contributed by atoms with Gasteiger partial charge in [-0.25, -0.2) is 13.6 Å². The summed E-state index contributed by atoms with van der Waals surface area (Å²) in [6.45, 7) is 10.9. The summed E-state index contributed by atoms with van der Waals surface area (Å²) in [5.41, 5.74) is 2.39. The Morgan fingerprint density at radius 3 is 1.57 bits per heavy atom. The van der Waals surface area contributed by atoms with Crippen molar-refractivity contribution >= 4 is 23.5 Å². The molecule has 0 saturated carbocycles. The van der Waals surface area contributed by atoms with Crippen molar-refractivity contribution in [3.8, 4) is 0 Å². The molecule has 0 bridgehead atoms. The summed E-state index contributed by atoms with van der Waals surface area (Å²) in [6, 6.07) is 8.36. The predicted molar refractivity (Wildman–Crippen MR) is 109 cm³/mol. The number of carbonyl (C=O) groups excluding carboxylic acids is 3. The lowest BCUT2D eigenvalue weighted by molar-refractivity contribution is -0.191. The van der Waals surface area contributed by atoms with E-state index in [1.807, 2.05) is 13.8 Å². The van der Waals surface area contributed by atoms with Crippen LogP contribution in [0.3, 0.4) is 0 Å². The van der Waals surface area contributed by atoms with Gasteiger partial charge in [0.2, 0.25) is 0 Å². The van der Waals surface area contributed by atoms with Gasteiger partial charge in [0.05, 0.1) is 6.10 Å². The SMILES string of the molecule is Cc1cc(F)cc(N(c2cc(C)cc(F)c2)C(C(=O)OC(C)C)C(C)C)c1.O=C=O. The summed E-state index contributed by atoms with van der Waals surface area (Å²) >= 11 is 0. The van der Waals surface area contributed by atoms with Crippen LogP contribution >= 0.6 is 0 Å². The Morgan fingerprint density at radius 2 is 1.27 bits per heavy atom. The van der Waals surface area contributed by atoms with Gasteiger partial charge in [0.15, 0.2) is 0 Å². The second-order valence-corrected chi connectivity index (χ2v) is 7.60. The average molecular weight is 419 g/mol. The van der Waals surface area contributed by atoms with Crippen molar-refractivity contribution < 1.29 is 27.9 Å². The molecular weight excluding hydrogens is 392 g/mol. The molecule has 0 heterocycles. The molecule has 5 nitrogen and oxygen atoms in total. The number of benzene rings is 2. The van der Waals surface area contributed by atoms with Crippen LogP contribution < -0.4 is 4.90 Å². The molecule has 0 fully saturated rings. The van der Waals surface area contributed by atoms with Crippen molar-refractivity contribution in [2.45, 2.75) is 53.7 Å². The normalized spacial score (nSPS) is 11.4. The highest BCUT2D eigenvalue weighted by atomic mass is 19.1. The second kappa shape index (κ2) is 11.2. The molecule has 0 amide bonds. The van der Waals surface area contributed by atoms with Crippen molar-refractivity contribution in [3.05, 3.63) is 59.2 Å². The van der Waals surface area contributed by atoms with Crippen LogP contribution in [0.2, 0.25) is 0 Å². The minimum atomic E-state index is -0.727. The Morgan fingerprint density at radius 1 is 0.867 bits per heavy atom. The standard InChI is InChI=1S/C22H27F2NO2.CO2/c1-13(2)21(22(26)27-14(3)4)25(19-9-15(5)7-17(23)11-19)20-10-16(6)8-18(24)12-20;2-1-3/h7-14,21H,1-6H3;. The maximum atomic E-state index is 14.1. The fourth-order valence-electron chi connectivity index (χ4n) is 3.16. The van der Waals surface area contributed by atoms with E-state index >= 15 is 0 Å². The zero-order valence-electron chi connectivity index (χ0n) is 18.0. The van der Waals surface area contributed by atoms with E-state index in [0.717, 1.165) is 0 Å². The molecule has 2 aromatic carbocycles. The Hall–Kier alpha value is -3.05. The number of rotatable bonds is 6. The van der Waals surface area contributed by atoms with Gasteiger partial charge in [0, 0.05) is 11.4 Å². The van der Waals surface area contributed by atoms with Gasteiger partial charge in [-0.05, 0) is 81.1 Å². The molecule has 0 aliphatic carbocycles. The van der Waals surface area contributed by atoms with Gasteiger partial charge in [0.1, 0.15) is 17.7 Å². The van der Waals surface area contributed by atoms with E-state index < -0.39 is 23.6 Å². The number of nitrogens with zero attached hydrogens (tertiary/aromatic N) is 1. The highest BCUT2D eigenvalue weighted by molar-refractivity contribution is 5.84. The molecular formula is C23H27F2NO4. The molecule has 1 unspecified atom stereocenters. The van der Waals surface area contributed by atoms with Gasteiger partial charge in [-0.15, -0.1) is 0 Å². The summed E-state index contributed by atoms with van der Waals surface area (Å²) in [6.07, 6.45) is -0.0379. The Balaban J connectivity index is 0.00000141. The Bertz CT molecular complexity index is 814. The zero-order valence-corrected chi connectivity index (χ0v) is 18.0. The third kappa shape index (κ3) is 7.08. The maximum absolute atomic E-state index is 14.1. The fourth-order valence-corrected chi connectivity index (χ4v) is 3.16. The highest BCUT2D eigenvalue weighted by Crippen LogP contribution is 2.33. The van der Waals surface area contributed by atoms with Gasteiger partial charge in [-0.3, -0.25) is 0 Å².